The van der Waals surface area contributed by atoms with Gasteiger partial charge in [-0.15, -0.1) is 0 Å². The fourth-order valence-corrected chi connectivity index (χ4v) is 0. The van der Waals surface area contributed by atoms with E-state index in [9.17, 15) is 0 Å². The number of halogens is 3. The summed E-state index contributed by atoms with van der Waals surface area (Å²) in [6.07, 6.45) is 0. The van der Waals surface area contributed by atoms with E-state index in [0.29, 0.717) is 0 Å². The molecule has 0 atom stereocenters. The van der Waals surface area contributed by atoms with E-state index >= 15 is 0 Å². The van der Waals surface area contributed by atoms with Gasteiger partial charge in [-0.2, -0.15) is 0 Å². The molecule has 0 amide bonds. The van der Waals surface area contributed by atoms with Crippen molar-refractivity contribution < 1.29 is 30.4 Å². The molecule has 0 saturated heterocycles. The summed E-state index contributed by atoms with van der Waals surface area (Å²) in [6, 6.07) is 0. The Morgan fingerprint density at radius 1 is 0.625 bits per heavy atom. The van der Waals surface area contributed by atoms with Crippen molar-refractivity contribution in [1.29, 1.82) is 0 Å². The molecule has 8 heteroatoms. The molecule has 0 aliphatic rings. The van der Waals surface area contributed by atoms with Crippen LogP contribution >= 0.6 is 42.3 Å². The van der Waals surface area contributed by atoms with E-state index < -0.39 is 8.48 Å². The van der Waals surface area contributed by atoms with Gasteiger partial charge in [0.2, 0.25) is 0 Å². The van der Waals surface area contributed by atoms with Gasteiger partial charge in [0.05, 0.1) is 0 Å². The maximum absolute atomic E-state index is 3.21. The molecule has 0 aliphatic carbocycles. The zero-order valence-electron chi connectivity index (χ0n) is 3.51. The number of rotatable bonds is 0. The van der Waals surface area contributed by atoms with E-state index in [2.05, 4.69) is 42.3 Å². The number of hydrogen-bond donors (Lipinski definition) is 0. The molecule has 0 radical (unpaired) electrons. The molecule has 0 saturated carbocycles. The molecule has 0 heterocycles. The number of hydrogen-bond acceptors (Lipinski definition) is 0. The van der Waals surface area contributed by atoms with Crippen LogP contribution in [0.5, 0.6) is 0 Å². The van der Waals surface area contributed by atoms with Crippen molar-refractivity contribution in [3.05, 3.63) is 0 Å². The molecule has 60 valence electrons. The van der Waals surface area contributed by atoms with Gasteiger partial charge in [-0.1, -0.05) is 0 Å². The fraction of sp³-hybridized carbons (Fsp3) is 0. The second-order valence-corrected chi connectivity index (χ2v) is 18.0. The predicted octanol–water partition coefficient (Wildman–Crippen LogP) is -0.765. The van der Waals surface area contributed by atoms with Crippen molar-refractivity contribution in [1.82, 2.24) is 0 Å². The van der Waals surface area contributed by atoms with Crippen LogP contribution in [0.1, 0.15) is 0 Å². The summed E-state index contributed by atoms with van der Waals surface area (Å²) in [5.74, 6) is 0. The Morgan fingerprint density at radius 2 is 0.625 bits per heavy atom. The van der Waals surface area contributed by atoms with Crippen LogP contribution in [-0.4, -0.2) is 21.9 Å². The Hall–Kier alpha value is 1.80. The van der Waals surface area contributed by atoms with E-state index in [4.69, 9.17) is 0 Å². The van der Waals surface area contributed by atoms with Gasteiger partial charge >= 0.3 is 50.8 Å². The SMILES string of the molecule is O.O.O.O.[Br][Mn]([Br])[Br]. The first-order chi connectivity index (χ1) is 1.73. The molecular formula is H8Br3MnO4. The van der Waals surface area contributed by atoms with Crippen LogP contribution in [0.2, 0.25) is 0 Å². The topological polar surface area (TPSA) is 126 Å². The molecule has 0 spiro atoms. The average Bonchev–Trinajstić information content (AvgIpc) is 0.811. The molecule has 0 unspecified atom stereocenters. The van der Waals surface area contributed by atoms with Crippen LogP contribution < -0.4 is 0 Å². The van der Waals surface area contributed by atoms with Gasteiger partial charge in [0.1, 0.15) is 0 Å². The Balaban J connectivity index is -0.00000000750. The first-order valence-corrected chi connectivity index (χ1v) is 9.18. The molecule has 0 rings (SSSR count). The van der Waals surface area contributed by atoms with Crippen LogP contribution in [-0.2, 0) is 8.48 Å². The van der Waals surface area contributed by atoms with E-state index in [1.165, 1.54) is 0 Å². The van der Waals surface area contributed by atoms with E-state index in [1.807, 2.05) is 0 Å². The summed E-state index contributed by atoms with van der Waals surface area (Å²) >= 11 is 9.62. The summed E-state index contributed by atoms with van der Waals surface area (Å²) in [6.45, 7) is 0. The summed E-state index contributed by atoms with van der Waals surface area (Å²) in [5, 5.41) is 0. The normalized spacial score (nSPS) is 5.62. The monoisotopic (exact) mass is 364 g/mol. The first kappa shape index (κ1) is 32.9. The maximum atomic E-state index is 3.21. The third-order valence-electron chi connectivity index (χ3n) is 0. The van der Waals surface area contributed by atoms with Crippen molar-refractivity contribution in [2.24, 2.45) is 0 Å². The average molecular weight is 367 g/mol. The zero-order valence-corrected chi connectivity index (χ0v) is 9.45. The molecule has 8 heavy (non-hydrogen) atoms. The molecule has 4 nitrogen and oxygen atoms in total. The minimum atomic E-state index is -0.458. The van der Waals surface area contributed by atoms with Crippen molar-refractivity contribution in [3.8, 4) is 0 Å². The van der Waals surface area contributed by atoms with E-state index in [1.54, 1.807) is 0 Å². The minimum absolute atomic E-state index is 0. The van der Waals surface area contributed by atoms with Gasteiger partial charge in [-0.25, -0.2) is 0 Å². The summed E-state index contributed by atoms with van der Waals surface area (Å²) in [4.78, 5) is 0. The van der Waals surface area contributed by atoms with Crippen LogP contribution in [0.25, 0.3) is 0 Å². The summed E-state index contributed by atoms with van der Waals surface area (Å²) in [7, 11) is -0.458. The van der Waals surface area contributed by atoms with Crippen molar-refractivity contribution in [2.45, 2.75) is 0 Å². The molecule has 0 fully saturated rings. The zero-order chi connectivity index (χ0) is 3.58. The van der Waals surface area contributed by atoms with Gasteiger partial charge in [-0.3, -0.25) is 0 Å². The van der Waals surface area contributed by atoms with E-state index in [-0.39, 0.29) is 21.9 Å². The second-order valence-electron chi connectivity index (χ2n) is 0.162. The van der Waals surface area contributed by atoms with E-state index in [0.717, 1.165) is 0 Å². The second kappa shape index (κ2) is 23.2. The summed E-state index contributed by atoms with van der Waals surface area (Å²) < 4.78 is 0. The molecule has 0 bridgehead atoms. The Labute approximate surface area is 72.2 Å². The van der Waals surface area contributed by atoms with Gasteiger partial charge < -0.3 is 21.9 Å². The Kier molecular flexibility index (Phi) is 95.7. The van der Waals surface area contributed by atoms with Gasteiger partial charge in [0.25, 0.3) is 0 Å². The van der Waals surface area contributed by atoms with Gasteiger partial charge in [0.15, 0.2) is 0 Å². The first-order valence-electron chi connectivity index (χ1n) is 0.429. The Morgan fingerprint density at radius 3 is 0.625 bits per heavy atom. The molecule has 8 N–H and O–H groups in total. The standard InChI is InChI=1S/3BrH.Mn.4H2O/h3*1H;;4*1H2/q;;;+3;;;;/p-3. The van der Waals surface area contributed by atoms with Crippen molar-refractivity contribution in [3.63, 3.8) is 0 Å². The third kappa shape index (κ3) is 111. The molecule has 0 aromatic heterocycles. The van der Waals surface area contributed by atoms with Crippen LogP contribution in [0.3, 0.4) is 0 Å². The fourth-order valence-electron chi connectivity index (χ4n) is 0. The van der Waals surface area contributed by atoms with Gasteiger partial charge in [0, 0.05) is 0 Å². The van der Waals surface area contributed by atoms with Crippen molar-refractivity contribution in [2.75, 3.05) is 0 Å². The van der Waals surface area contributed by atoms with Gasteiger partial charge in [-0.05, 0) is 0 Å². The molecule has 0 aromatic rings. The van der Waals surface area contributed by atoms with Crippen LogP contribution in [0.15, 0.2) is 0 Å². The van der Waals surface area contributed by atoms with Crippen molar-refractivity contribution >= 4 is 42.3 Å². The molecular weight excluding hydrogens is 359 g/mol. The Bertz CT molecular complexity index is 16.0. The summed E-state index contributed by atoms with van der Waals surface area (Å²) in [5.41, 5.74) is 0. The third-order valence-corrected chi connectivity index (χ3v) is 0. The quantitative estimate of drug-likeness (QED) is 0.499. The van der Waals surface area contributed by atoms with Crippen LogP contribution in [0.4, 0.5) is 0 Å². The molecule has 0 aliphatic heterocycles. The van der Waals surface area contributed by atoms with Crippen LogP contribution in [0, 0.1) is 0 Å². The molecule has 0 aromatic carbocycles. The predicted molar refractivity (Wildman–Crippen MR) is 41.2 cm³/mol.